The van der Waals surface area contributed by atoms with Crippen LogP contribution in [-0.2, 0) is 4.79 Å². The topological polar surface area (TPSA) is 99.6 Å². The molecule has 0 atom stereocenters. The lowest BCUT2D eigenvalue weighted by molar-refractivity contribution is -0.131. The SMILES string of the molecule is COc1cc(OC)cc(-c2nnc(S/C(=C\c3cc(C)n(-c4ccc(F)cc4)c3C)C(=O)O)o2)c1. The summed E-state index contributed by atoms with van der Waals surface area (Å²) < 4.78 is 31.5. The summed E-state index contributed by atoms with van der Waals surface area (Å²) in [5, 5.41) is 17.9. The Labute approximate surface area is 205 Å². The minimum absolute atomic E-state index is 0.00257. The third kappa shape index (κ3) is 5.22. The van der Waals surface area contributed by atoms with E-state index in [9.17, 15) is 14.3 Å². The molecule has 4 aromatic rings. The van der Waals surface area contributed by atoms with Crippen molar-refractivity contribution in [1.29, 1.82) is 0 Å². The van der Waals surface area contributed by atoms with Crippen molar-refractivity contribution in [2.75, 3.05) is 14.2 Å². The van der Waals surface area contributed by atoms with Gasteiger partial charge in [0.15, 0.2) is 0 Å². The molecule has 0 saturated heterocycles. The fourth-order valence-electron chi connectivity index (χ4n) is 3.59. The van der Waals surface area contributed by atoms with E-state index in [-0.39, 0.29) is 21.8 Å². The lowest BCUT2D eigenvalue weighted by Crippen LogP contribution is -2.00. The molecule has 2 aromatic heterocycles. The van der Waals surface area contributed by atoms with E-state index in [1.165, 1.54) is 26.4 Å². The van der Waals surface area contributed by atoms with Crippen LogP contribution < -0.4 is 9.47 Å². The molecule has 4 rings (SSSR count). The van der Waals surface area contributed by atoms with Crippen LogP contribution in [-0.4, -0.2) is 40.1 Å². The number of thioether (sulfide) groups is 1. The minimum Gasteiger partial charge on any atom is -0.497 e. The van der Waals surface area contributed by atoms with E-state index in [0.29, 0.717) is 22.6 Å². The number of aliphatic carboxylic acids is 1. The standard InChI is InChI=1S/C25H22FN3O5S/c1-14-9-16(15(2)29(14)19-7-5-18(26)6-8-19)12-22(24(30)31)35-25-28-27-23(34-25)17-10-20(32-3)13-21(11-17)33-4/h5-13H,1-4H3,(H,30,31)/b22-12-. The monoisotopic (exact) mass is 495 g/mol. The largest absolute Gasteiger partial charge is 0.497 e. The van der Waals surface area contributed by atoms with Crippen LogP contribution in [0.5, 0.6) is 11.5 Å². The number of halogens is 1. The molecule has 8 nitrogen and oxygen atoms in total. The van der Waals surface area contributed by atoms with Gasteiger partial charge >= 0.3 is 5.97 Å². The van der Waals surface area contributed by atoms with Gasteiger partial charge in [-0.2, -0.15) is 0 Å². The van der Waals surface area contributed by atoms with Gasteiger partial charge in [0.2, 0.25) is 5.89 Å². The normalized spacial score (nSPS) is 11.5. The van der Waals surface area contributed by atoms with Crippen LogP contribution in [0.2, 0.25) is 0 Å². The zero-order valence-corrected chi connectivity index (χ0v) is 20.2. The smallest absolute Gasteiger partial charge is 0.342 e. The number of benzene rings is 2. The van der Waals surface area contributed by atoms with Crippen molar-refractivity contribution in [3.05, 3.63) is 76.2 Å². The maximum Gasteiger partial charge on any atom is 0.342 e. The lowest BCUT2D eigenvalue weighted by Gasteiger charge is -2.09. The maximum atomic E-state index is 13.3. The van der Waals surface area contributed by atoms with Crippen LogP contribution in [0.25, 0.3) is 23.2 Å². The highest BCUT2D eigenvalue weighted by atomic mass is 32.2. The van der Waals surface area contributed by atoms with Crippen LogP contribution in [0.15, 0.2) is 63.1 Å². The number of methoxy groups -OCH3 is 2. The summed E-state index contributed by atoms with van der Waals surface area (Å²) in [6.45, 7) is 3.77. The Balaban J connectivity index is 1.64. The molecule has 0 fully saturated rings. The molecule has 10 heteroatoms. The summed E-state index contributed by atoms with van der Waals surface area (Å²) in [7, 11) is 3.06. The van der Waals surface area contributed by atoms with Gasteiger partial charge in [-0.15, -0.1) is 10.2 Å². The van der Waals surface area contributed by atoms with Gasteiger partial charge < -0.3 is 23.6 Å². The van der Waals surface area contributed by atoms with Crippen molar-refractivity contribution in [2.24, 2.45) is 0 Å². The molecule has 0 saturated carbocycles. The number of carboxylic acids is 1. The first-order valence-corrected chi connectivity index (χ1v) is 11.3. The van der Waals surface area contributed by atoms with Crippen LogP contribution in [0, 0.1) is 19.7 Å². The Hall–Kier alpha value is -4.05. The third-order valence-electron chi connectivity index (χ3n) is 5.25. The van der Waals surface area contributed by atoms with Gasteiger partial charge in [0, 0.05) is 28.7 Å². The van der Waals surface area contributed by atoms with Crippen LogP contribution >= 0.6 is 11.8 Å². The van der Waals surface area contributed by atoms with Crippen molar-refractivity contribution < 1.29 is 28.2 Å². The predicted molar refractivity (Wildman–Crippen MR) is 130 cm³/mol. The van der Waals surface area contributed by atoms with Gasteiger partial charge in [0.05, 0.1) is 14.2 Å². The number of hydrogen-bond donors (Lipinski definition) is 1. The molecule has 1 N–H and O–H groups in total. The molecule has 0 radical (unpaired) electrons. The second kappa shape index (κ2) is 10.1. The molecule has 0 aliphatic carbocycles. The van der Waals surface area contributed by atoms with Gasteiger partial charge in [-0.25, -0.2) is 9.18 Å². The van der Waals surface area contributed by atoms with Gasteiger partial charge in [-0.05, 0) is 79.7 Å². The molecular formula is C25H22FN3O5S. The summed E-state index contributed by atoms with van der Waals surface area (Å²) in [6.07, 6.45) is 1.55. The maximum absolute atomic E-state index is 13.3. The molecule has 0 aliphatic rings. The second-order valence-electron chi connectivity index (χ2n) is 7.53. The summed E-state index contributed by atoms with van der Waals surface area (Å²) in [5.74, 6) is -0.163. The molecule has 2 heterocycles. The van der Waals surface area contributed by atoms with Gasteiger partial charge in [0.1, 0.15) is 22.2 Å². The Bertz CT molecular complexity index is 1390. The highest BCUT2D eigenvalue weighted by Gasteiger charge is 2.19. The molecule has 35 heavy (non-hydrogen) atoms. The molecular weight excluding hydrogens is 473 g/mol. The first-order chi connectivity index (χ1) is 16.8. The van der Waals surface area contributed by atoms with Gasteiger partial charge in [-0.3, -0.25) is 0 Å². The Kier molecular flexibility index (Phi) is 6.92. The van der Waals surface area contributed by atoms with Crippen LogP contribution in [0.4, 0.5) is 4.39 Å². The lowest BCUT2D eigenvalue weighted by atomic mass is 10.2. The number of aromatic nitrogens is 3. The summed E-state index contributed by atoms with van der Waals surface area (Å²) in [6, 6.07) is 13.1. The van der Waals surface area contributed by atoms with Gasteiger partial charge in [-0.1, -0.05) is 0 Å². The fraction of sp³-hybridized carbons (Fsp3) is 0.160. The van der Waals surface area contributed by atoms with Crippen molar-refractivity contribution in [3.63, 3.8) is 0 Å². The van der Waals surface area contributed by atoms with E-state index in [1.807, 2.05) is 24.5 Å². The van der Waals surface area contributed by atoms with E-state index >= 15 is 0 Å². The Morgan fingerprint density at radius 1 is 1.06 bits per heavy atom. The Morgan fingerprint density at radius 2 is 1.71 bits per heavy atom. The molecule has 2 aromatic carbocycles. The van der Waals surface area contributed by atoms with E-state index in [4.69, 9.17) is 13.9 Å². The quantitative estimate of drug-likeness (QED) is 0.252. The van der Waals surface area contributed by atoms with Gasteiger partial charge in [0.25, 0.3) is 5.22 Å². The fourth-order valence-corrected chi connectivity index (χ4v) is 4.25. The van der Waals surface area contributed by atoms with Crippen molar-refractivity contribution in [3.8, 4) is 28.6 Å². The Morgan fingerprint density at radius 3 is 2.31 bits per heavy atom. The summed E-state index contributed by atoms with van der Waals surface area (Å²) >= 11 is 0.849. The van der Waals surface area contributed by atoms with E-state index in [2.05, 4.69) is 10.2 Å². The minimum atomic E-state index is -1.13. The van der Waals surface area contributed by atoms with Crippen molar-refractivity contribution >= 4 is 23.8 Å². The average Bonchev–Trinajstić information content (AvgIpc) is 3.43. The molecule has 0 unspecified atom stereocenters. The molecule has 0 bridgehead atoms. The molecule has 180 valence electrons. The first-order valence-electron chi connectivity index (χ1n) is 10.4. The highest BCUT2D eigenvalue weighted by molar-refractivity contribution is 8.03. The van der Waals surface area contributed by atoms with E-state index in [0.717, 1.165) is 28.8 Å². The molecule has 0 amide bonds. The number of nitrogens with zero attached hydrogens (tertiary/aromatic N) is 3. The van der Waals surface area contributed by atoms with E-state index < -0.39 is 5.97 Å². The molecule has 0 spiro atoms. The number of aryl methyl sites for hydroxylation is 1. The van der Waals surface area contributed by atoms with Crippen molar-refractivity contribution in [2.45, 2.75) is 19.1 Å². The van der Waals surface area contributed by atoms with E-state index in [1.54, 1.807) is 36.4 Å². The number of ether oxygens (including phenoxy) is 2. The van der Waals surface area contributed by atoms with Crippen LogP contribution in [0.3, 0.4) is 0 Å². The highest BCUT2D eigenvalue weighted by Crippen LogP contribution is 2.34. The zero-order valence-electron chi connectivity index (χ0n) is 19.4. The predicted octanol–water partition coefficient (Wildman–Crippen LogP) is 5.52. The number of rotatable bonds is 8. The average molecular weight is 496 g/mol. The third-order valence-corrected chi connectivity index (χ3v) is 6.11. The number of carbonyl (C=O) groups is 1. The summed E-state index contributed by atoms with van der Waals surface area (Å²) in [5.41, 5.74) is 3.74. The number of hydrogen-bond acceptors (Lipinski definition) is 7. The second-order valence-corrected chi connectivity index (χ2v) is 8.52. The zero-order chi connectivity index (χ0) is 25.1. The number of carboxylic acid groups (broad SMARTS) is 1. The first kappa shape index (κ1) is 24.1. The van der Waals surface area contributed by atoms with Crippen molar-refractivity contribution in [1.82, 2.24) is 14.8 Å². The van der Waals surface area contributed by atoms with Crippen LogP contribution in [0.1, 0.15) is 17.0 Å². The summed E-state index contributed by atoms with van der Waals surface area (Å²) in [4.78, 5) is 12.0. The molecule has 0 aliphatic heterocycles.